The van der Waals surface area contributed by atoms with E-state index >= 15 is 0 Å². The Morgan fingerprint density at radius 3 is 1.03 bits per heavy atom. The molecule has 0 bridgehead atoms. The lowest BCUT2D eigenvalue weighted by Gasteiger charge is -2.21. The number of primary amides is 1. The van der Waals surface area contributed by atoms with Crippen molar-refractivity contribution in [1.82, 2.24) is 0 Å². The fourth-order valence-electron chi connectivity index (χ4n) is 4.18. The summed E-state index contributed by atoms with van der Waals surface area (Å²) in [5, 5.41) is 0. The van der Waals surface area contributed by atoms with Gasteiger partial charge in [0.05, 0.1) is 0 Å². The summed E-state index contributed by atoms with van der Waals surface area (Å²) < 4.78 is 0. The third kappa shape index (κ3) is 9.72. The molecule has 3 aromatic rings. The normalized spacial score (nSPS) is 11.5. The van der Waals surface area contributed by atoms with Crippen LogP contribution in [0.15, 0.2) is 72.8 Å². The summed E-state index contributed by atoms with van der Waals surface area (Å²) in [6.07, 6.45) is 0. The molecule has 0 spiro atoms. The summed E-state index contributed by atoms with van der Waals surface area (Å²) in [4.78, 5) is 11.1. The largest absolute Gasteiger partial charge is 0.366 e. The van der Waals surface area contributed by atoms with Crippen molar-refractivity contribution in [3.63, 3.8) is 0 Å². The summed E-state index contributed by atoms with van der Waals surface area (Å²) in [6.45, 7) is 24.0. The quantitative estimate of drug-likeness (QED) is 0.377. The first kappa shape index (κ1) is 30.2. The van der Waals surface area contributed by atoms with Gasteiger partial charge < -0.3 is 5.73 Å². The molecule has 2 heteroatoms. The predicted molar refractivity (Wildman–Crippen MR) is 153 cm³/mol. The van der Waals surface area contributed by atoms with E-state index in [1.165, 1.54) is 22.3 Å². The molecule has 3 aromatic carbocycles. The van der Waals surface area contributed by atoms with Gasteiger partial charge >= 0.3 is 0 Å². The van der Waals surface area contributed by atoms with Crippen LogP contribution in [0.5, 0.6) is 0 Å². The number of hydrogen-bond acceptors (Lipinski definition) is 1. The van der Waals surface area contributed by atoms with E-state index in [1.807, 2.05) is 18.2 Å². The first-order valence-electron chi connectivity index (χ1n) is 12.5. The third-order valence-electron chi connectivity index (χ3n) is 5.91. The number of benzene rings is 3. The minimum absolute atomic E-state index is 0.0361. The van der Waals surface area contributed by atoms with Gasteiger partial charge in [-0.25, -0.2) is 0 Å². The van der Waals surface area contributed by atoms with E-state index in [0.717, 1.165) is 5.56 Å². The van der Waals surface area contributed by atoms with Gasteiger partial charge in [-0.3, -0.25) is 4.79 Å². The van der Waals surface area contributed by atoms with Gasteiger partial charge in [0.2, 0.25) is 5.91 Å². The summed E-state index contributed by atoms with van der Waals surface area (Å²) in [5.74, 6) is -0.356. The smallest absolute Gasteiger partial charge is 0.248 e. The van der Waals surface area contributed by atoms with Crippen molar-refractivity contribution in [2.45, 2.75) is 92.4 Å². The van der Waals surface area contributed by atoms with Crippen LogP contribution in [0.1, 0.15) is 100 Å². The molecule has 2 nitrogen and oxygen atoms in total. The van der Waals surface area contributed by atoms with Crippen molar-refractivity contribution in [3.05, 3.63) is 106 Å². The highest BCUT2D eigenvalue weighted by molar-refractivity contribution is 5.94. The second-order valence-electron chi connectivity index (χ2n) is 12.3. The maximum absolute atomic E-state index is 11.1. The van der Waals surface area contributed by atoms with Crippen LogP contribution in [0.3, 0.4) is 0 Å². The molecule has 0 radical (unpaired) electrons. The van der Waals surface area contributed by atoms with Crippen molar-refractivity contribution in [1.29, 1.82) is 0 Å². The first-order valence-corrected chi connectivity index (χ1v) is 12.5. The molecule has 0 unspecified atom stereocenters. The Bertz CT molecular complexity index is 1030. The molecule has 0 aliphatic rings. The van der Waals surface area contributed by atoms with Crippen molar-refractivity contribution < 1.29 is 4.79 Å². The molecule has 0 fully saturated rings. The number of rotatable bonds is 1. The van der Waals surface area contributed by atoms with E-state index in [4.69, 9.17) is 5.73 Å². The lowest BCUT2D eigenvalue weighted by Crippen LogP contribution is -2.20. The van der Waals surface area contributed by atoms with E-state index in [2.05, 4.69) is 125 Å². The van der Waals surface area contributed by atoms with Crippen LogP contribution in [-0.4, -0.2) is 5.91 Å². The number of aryl methyl sites for hydroxylation is 2. The van der Waals surface area contributed by atoms with Crippen LogP contribution >= 0.6 is 0 Å². The minimum Gasteiger partial charge on any atom is -0.366 e. The highest BCUT2D eigenvalue weighted by Crippen LogP contribution is 2.26. The summed E-state index contributed by atoms with van der Waals surface area (Å²) in [6, 6.07) is 24.6. The van der Waals surface area contributed by atoms with Gasteiger partial charge in [-0.1, -0.05) is 129 Å². The maximum Gasteiger partial charge on any atom is 0.248 e. The molecule has 0 saturated heterocycles. The zero-order valence-electron chi connectivity index (χ0n) is 23.9. The van der Waals surface area contributed by atoms with E-state index in [0.29, 0.717) is 5.56 Å². The Kier molecular flexibility index (Phi) is 10.5. The molecule has 0 atom stereocenters. The van der Waals surface area contributed by atoms with E-state index < -0.39 is 0 Å². The first-order chi connectivity index (χ1) is 16.0. The summed E-state index contributed by atoms with van der Waals surface area (Å²) in [7, 11) is 0. The Hall–Kier alpha value is -2.87. The lowest BCUT2D eigenvalue weighted by atomic mass is 9.83. The van der Waals surface area contributed by atoms with Gasteiger partial charge in [-0.05, 0) is 64.0 Å². The van der Waals surface area contributed by atoms with Crippen LogP contribution < -0.4 is 5.73 Å². The molecule has 0 aliphatic heterocycles. The molecule has 0 aromatic heterocycles. The monoisotopic (exact) mass is 473 g/mol. The molecule has 190 valence electrons. The minimum atomic E-state index is -0.356. The van der Waals surface area contributed by atoms with E-state index in [1.54, 1.807) is 6.07 Å². The molecule has 0 heterocycles. The van der Waals surface area contributed by atoms with Crippen molar-refractivity contribution >= 4 is 5.91 Å². The molecule has 0 saturated carbocycles. The molecule has 0 aliphatic carbocycles. The Labute approximate surface area is 215 Å². The average molecular weight is 474 g/mol. The second-order valence-corrected chi connectivity index (χ2v) is 12.3. The van der Waals surface area contributed by atoms with Crippen LogP contribution in [0, 0.1) is 13.8 Å². The molecular formula is C33H47NO. The van der Waals surface area contributed by atoms with Gasteiger partial charge in [-0.15, -0.1) is 0 Å². The summed E-state index contributed by atoms with van der Waals surface area (Å²) in [5.41, 5.74) is 13.1. The Morgan fingerprint density at radius 1 is 0.514 bits per heavy atom. The third-order valence-corrected chi connectivity index (χ3v) is 5.91. The van der Waals surface area contributed by atoms with Gasteiger partial charge in [-0.2, -0.15) is 0 Å². The fourth-order valence-corrected chi connectivity index (χ4v) is 4.18. The Morgan fingerprint density at radius 2 is 0.800 bits per heavy atom. The van der Waals surface area contributed by atoms with Gasteiger partial charge in [0.1, 0.15) is 0 Å². The fraction of sp³-hybridized carbons (Fsp3) is 0.424. The highest BCUT2D eigenvalue weighted by Gasteiger charge is 2.19. The predicted octanol–water partition coefficient (Wildman–Crippen LogP) is 8.67. The van der Waals surface area contributed by atoms with E-state index in [9.17, 15) is 4.79 Å². The van der Waals surface area contributed by atoms with Crippen molar-refractivity contribution in [2.24, 2.45) is 5.73 Å². The molecule has 2 N–H and O–H groups in total. The van der Waals surface area contributed by atoms with Crippen LogP contribution in [0.4, 0.5) is 0 Å². The van der Waals surface area contributed by atoms with Crippen LogP contribution in [-0.2, 0) is 16.2 Å². The van der Waals surface area contributed by atoms with Crippen LogP contribution in [0.2, 0.25) is 0 Å². The highest BCUT2D eigenvalue weighted by atomic mass is 16.1. The second kappa shape index (κ2) is 12.2. The van der Waals surface area contributed by atoms with Crippen molar-refractivity contribution in [3.8, 4) is 0 Å². The zero-order chi connectivity index (χ0) is 27.0. The number of carbonyl (C=O) groups excluding carboxylic acids is 1. The number of hydrogen-bond donors (Lipinski definition) is 1. The Balaban J connectivity index is 0.000000264. The van der Waals surface area contributed by atoms with Gasteiger partial charge in [0, 0.05) is 5.56 Å². The molecule has 3 rings (SSSR count). The maximum atomic E-state index is 11.1. The number of carbonyl (C=O) groups is 1. The molecule has 1 amide bonds. The van der Waals surface area contributed by atoms with Gasteiger partial charge in [0.25, 0.3) is 0 Å². The zero-order valence-corrected chi connectivity index (χ0v) is 23.9. The van der Waals surface area contributed by atoms with Crippen molar-refractivity contribution in [2.75, 3.05) is 0 Å². The SMILES string of the molecule is CC(C)(C)c1ccccc1C(N)=O.Cc1ccccc1C(C)(C)C.Cc1ccccc1C(C)(C)C. The number of nitrogens with two attached hydrogens (primary N) is 1. The van der Waals surface area contributed by atoms with Crippen LogP contribution in [0.25, 0.3) is 0 Å². The lowest BCUT2D eigenvalue weighted by molar-refractivity contribution is 0.0998. The summed E-state index contributed by atoms with van der Waals surface area (Å²) >= 11 is 0. The molecule has 35 heavy (non-hydrogen) atoms. The average Bonchev–Trinajstić information content (AvgIpc) is 2.73. The molecular weight excluding hydrogens is 426 g/mol. The van der Waals surface area contributed by atoms with E-state index in [-0.39, 0.29) is 22.2 Å². The van der Waals surface area contributed by atoms with Gasteiger partial charge in [0.15, 0.2) is 0 Å². The number of amides is 1. The topological polar surface area (TPSA) is 43.1 Å². The standard InChI is InChI=1S/C11H15NO.2C11H16/c1-11(2,3)9-7-5-4-6-8(9)10(12)13;2*1-9-7-5-6-8-10(9)11(2,3)4/h4-7H,1-3H3,(H2,12,13);2*5-8H,1-4H3.